The predicted molar refractivity (Wildman–Crippen MR) is 31.9 cm³/mol. The molecule has 0 spiro atoms. The maximum atomic E-state index is 12.6. The van der Waals surface area contributed by atoms with Gasteiger partial charge in [-0.2, -0.15) is 35.1 Å². The SMILES string of the molecule is O=C(C(F)(F)C(F)(F)F)C(F)(C(F)F)C(F)(F)F. The first-order valence-corrected chi connectivity index (χ1v) is 3.63. The molecule has 12 heteroatoms. The topological polar surface area (TPSA) is 17.1 Å². The van der Waals surface area contributed by atoms with E-state index in [1.807, 2.05) is 0 Å². The lowest BCUT2D eigenvalue weighted by molar-refractivity contribution is -0.299. The molecule has 0 amide bonds. The number of Topliss-reactive ketones (excluding diaryl/α,β-unsaturated/α-hetero) is 1. The number of carbonyl (C=O) groups excluding carboxylic acids is 1. The molecule has 0 bridgehead atoms. The molecule has 0 aliphatic carbocycles. The Morgan fingerprint density at radius 3 is 1.22 bits per heavy atom. The third-order valence-corrected chi connectivity index (χ3v) is 1.68. The van der Waals surface area contributed by atoms with Crippen LogP contribution >= 0.6 is 0 Å². The van der Waals surface area contributed by atoms with Gasteiger partial charge in [-0.25, -0.2) is 13.2 Å². The monoisotopic (exact) mass is 298 g/mol. The van der Waals surface area contributed by atoms with Crippen LogP contribution in [0.2, 0.25) is 0 Å². The summed E-state index contributed by atoms with van der Waals surface area (Å²) >= 11 is 0. The molecule has 1 atom stereocenters. The average molecular weight is 298 g/mol. The Morgan fingerprint density at radius 1 is 0.722 bits per heavy atom. The molecule has 108 valence electrons. The normalized spacial score (nSPS) is 17.8. The maximum absolute atomic E-state index is 12.6. The molecule has 0 saturated carbocycles. The van der Waals surface area contributed by atoms with Crippen molar-refractivity contribution in [3.63, 3.8) is 0 Å². The van der Waals surface area contributed by atoms with Gasteiger partial charge < -0.3 is 0 Å². The van der Waals surface area contributed by atoms with Gasteiger partial charge in [-0.1, -0.05) is 0 Å². The molecule has 0 aromatic heterocycles. The fraction of sp³-hybridized carbons (Fsp3) is 0.833. The fourth-order valence-electron chi connectivity index (χ4n) is 0.709. The molecule has 1 nitrogen and oxygen atoms in total. The molecule has 0 aliphatic heterocycles. The molecule has 0 aliphatic rings. The standard InChI is InChI=1S/C6HF11O/c7-2(8)3(9,5(12,13)14)1(18)4(10,11)6(15,16)17/h2H. The van der Waals surface area contributed by atoms with Gasteiger partial charge in [0.15, 0.2) is 0 Å². The zero-order chi connectivity index (χ0) is 15.2. The van der Waals surface area contributed by atoms with Crippen LogP contribution in [0.25, 0.3) is 0 Å². The van der Waals surface area contributed by atoms with Crippen LogP contribution in [0.3, 0.4) is 0 Å². The zero-order valence-electron chi connectivity index (χ0n) is 7.64. The molecule has 0 radical (unpaired) electrons. The van der Waals surface area contributed by atoms with Crippen LogP contribution in [0.4, 0.5) is 48.3 Å². The number of halogens is 11. The second-order valence-electron chi connectivity index (χ2n) is 2.91. The zero-order valence-corrected chi connectivity index (χ0v) is 7.64. The van der Waals surface area contributed by atoms with E-state index in [0.717, 1.165) is 0 Å². The summed E-state index contributed by atoms with van der Waals surface area (Å²) in [4.78, 5) is 10.2. The molecular weight excluding hydrogens is 297 g/mol. The molecular formula is C6HF11O. The van der Waals surface area contributed by atoms with Crippen molar-refractivity contribution in [1.29, 1.82) is 0 Å². The Morgan fingerprint density at radius 2 is 1.06 bits per heavy atom. The van der Waals surface area contributed by atoms with Gasteiger partial charge in [0.1, 0.15) is 0 Å². The minimum atomic E-state index is -6.93. The van der Waals surface area contributed by atoms with E-state index >= 15 is 0 Å². The van der Waals surface area contributed by atoms with Gasteiger partial charge >= 0.3 is 23.9 Å². The van der Waals surface area contributed by atoms with Crippen LogP contribution in [0, 0.1) is 0 Å². The third-order valence-electron chi connectivity index (χ3n) is 1.68. The molecule has 0 saturated heterocycles. The first-order valence-electron chi connectivity index (χ1n) is 3.63. The highest BCUT2D eigenvalue weighted by Gasteiger charge is 2.78. The summed E-state index contributed by atoms with van der Waals surface area (Å²) in [7, 11) is 0. The van der Waals surface area contributed by atoms with Crippen LogP contribution in [-0.4, -0.2) is 36.2 Å². The summed E-state index contributed by atoms with van der Waals surface area (Å²) in [5.74, 6) is -11.5. The summed E-state index contributed by atoms with van der Waals surface area (Å²) in [6.07, 6.45) is -19.3. The first-order chi connectivity index (χ1) is 7.60. The molecule has 1 unspecified atom stereocenters. The van der Waals surface area contributed by atoms with E-state index in [-0.39, 0.29) is 0 Å². The Kier molecular flexibility index (Phi) is 3.97. The fourth-order valence-corrected chi connectivity index (χ4v) is 0.709. The summed E-state index contributed by atoms with van der Waals surface area (Å²) in [5.41, 5.74) is -6.61. The molecule has 0 aromatic rings. The molecule has 0 N–H and O–H groups in total. The Labute approximate surface area is 90.5 Å². The van der Waals surface area contributed by atoms with E-state index in [0.29, 0.717) is 0 Å². The van der Waals surface area contributed by atoms with Gasteiger partial charge in [0.2, 0.25) is 0 Å². The lowest BCUT2D eigenvalue weighted by atomic mass is 9.95. The van der Waals surface area contributed by atoms with Gasteiger partial charge in [-0.3, -0.25) is 4.79 Å². The van der Waals surface area contributed by atoms with Crippen LogP contribution in [0.5, 0.6) is 0 Å². The number of hydrogen-bond donors (Lipinski definition) is 0. The predicted octanol–water partition coefficient (Wildman–Crippen LogP) is 3.29. The van der Waals surface area contributed by atoms with Crippen molar-refractivity contribution >= 4 is 5.78 Å². The van der Waals surface area contributed by atoms with Gasteiger partial charge in [-0.15, -0.1) is 0 Å². The highest BCUT2D eigenvalue weighted by Crippen LogP contribution is 2.47. The molecule has 0 aromatic carbocycles. The van der Waals surface area contributed by atoms with Crippen molar-refractivity contribution in [2.45, 2.75) is 30.4 Å². The summed E-state index contributed by atoms with van der Waals surface area (Å²) in [5, 5.41) is 0. The lowest BCUT2D eigenvalue weighted by Gasteiger charge is -2.29. The Balaban J connectivity index is 5.80. The molecule has 0 fully saturated rings. The summed E-state index contributed by atoms with van der Waals surface area (Å²) in [6.45, 7) is 0. The van der Waals surface area contributed by atoms with Crippen molar-refractivity contribution in [2.75, 3.05) is 0 Å². The van der Waals surface area contributed by atoms with Crippen LogP contribution in [0.1, 0.15) is 0 Å². The van der Waals surface area contributed by atoms with Crippen molar-refractivity contribution in [2.24, 2.45) is 0 Å². The van der Waals surface area contributed by atoms with Gasteiger partial charge in [-0.05, 0) is 0 Å². The third kappa shape index (κ3) is 2.36. The van der Waals surface area contributed by atoms with E-state index in [2.05, 4.69) is 0 Å². The van der Waals surface area contributed by atoms with Crippen molar-refractivity contribution < 1.29 is 53.1 Å². The highest BCUT2D eigenvalue weighted by molar-refractivity contribution is 5.95. The Hall–Kier alpha value is -1.10. The van der Waals surface area contributed by atoms with Crippen molar-refractivity contribution in [1.82, 2.24) is 0 Å². The maximum Gasteiger partial charge on any atom is 0.461 e. The molecule has 18 heavy (non-hydrogen) atoms. The van der Waals surface area contributed by atoms with E-state index in [1.54, 1.807) is 0 Å². The largest absolute Gasteiger partial charge is 0.461 e. The van der Waals surface area contributed by atoms with Gasteiger partial charge in [0, 0.05) is 0 Å². The minimum absolute atomic E-state index is 4.61. The van der Waals surface area contributed by atoms with Gasteiger partial charge in [0.05, 0.1) is 0 Å². The Bertz CT molecular complexity index is 325. The molecule has 0 heterocycles. The van der Waals surface area contributed by atoms with Crippen molar-refractivity contribution in [3.8, 4) is 0 Å². The second kappa shape index (κ2) is 4.23. The van der Waals surface area contributed by atoms with Crippen LogP contribution < -0.4 is 0 Å². The number of carbonyl (C=O) groups is 1. The van der Waals surface area contributed by atoms with Gasteiger partial charge in [0.25, 0.3) is 12.2 Å². The van der Waals surface area contributed by atoms with E-state index in [9.17, 15) is 53.1 Å². The summed E-state index contributed by atoms with van der Waals surface area (Å²) < 4.78 is 130. The number of rotatable bonds is 3. The number of alkyl halides is 11. The second-order valence-corrected chi connectivity index (χ2v) is 2.91. The number of hydrogen-bond acceptors (Lipinski definition) is 1. The quantitative estimate of drug-likeness (QED) is 0.731. The minimum Gasteiger partial charge on any atom is -0.288 e. The van der Waals surface area contributed by atoms with Crippen LogP contribution in [0.15, 0.2) is 0 Å². The van der Waals surface area contributed by atoms with E-state index < -0.39 is 36.2 Å². The average Bonchev–Trinajstić information content (AvgIpc) is 2.11. The molecule has 0 rings (SSSR count). The summed E-state index contributed by atoms with van der Waals surface area (Å²) in [6, 6.07) is 0. The van der Waals surface area contributed by atoms with E-state index in [4.69, 9.17) is 0 Å². The number of ketones is 1. The van der Waals surface area contributed by atoms with E-state index in [1.165, 1.54) is 0 Å². The lowest BCUT2D eigenvalue weighted by Crippen LogP contribution is -2.62. The van der Waals surface area contributed by atoms with Crippen molar-refractivity contribution in [3.05, 3.63) is 0 Å². The highest BCUT2D eigenvalue weighted by atomic mass is 19.4. The van der Waals surface area contributed by atoms with Crippen LogP contribution in [-0.2, 0) is 4.79 Å². The smallest absolute Gasteiger partial charge is 0.288 e. The first kappa shape index (κ1) is 16.9.